The van der Waals surface area contributed by atoms with E-state index < -0.39 is 5.82 Å². The van der Waals surface area contributed by atoms with Gasteiger partial charge in [-0.25, -0.2) is 4.39 Å². The molecule has 0 fully saturated rings. The van der Waals surface area contributed by atoms with Gasteiger partial charge in [0.1, 0.15) is 11.6 Å². The van der Waals surface area contributed by atoms with Crippen LogP contribution >= 0.6 is 0 Å². The van der Waals surface area contributed by atoms with Crippen LogP contribution in [0.1, 0.15) is 56.3 Å². The fourth-order valence-corrected chi connectivity index (χ4v) is 2.14. The molecule has 0 aromatic heterocycles. The van der Waals surface area contributed by atoms with Gasteiger partial charge in [0.05, 0.1) is 12.7 Å². The normalized spacial score (nSPS) is 10.7. The Morgan fingerprint density at radius 1 is 1.24 bits per heavy atom. The van der Waals surface area contributed by atoms with Gasteiger partial charge in [0.25, 0.3) is 5.91 Å². The van der Waals surface area contributed by atoms with E-state index in [9.17, 15) is 9.18 Å². The molecule has 0 saturated carbocycles. The minimum atomic E-state index is -0.552. The lowest BCUT2D eigenvalue weighted by Crippen LogP contribution is -2.25. The molecule has 0 aliphatic heterocycles. The summed E-state index contributed by atoms with van der Waals surface area (Å²) in [4.78, 5) is 11.9. The number of rotatable bonds is 9. The standard InChI is InChI=1S/C17H26FNO2/c1-13(2)8-6-4-5-7-11-19-17(20)15-10-9-14(21-3)12-16(15)18/h9-10,12-13H,4-8,11H2,1-3H3,(H,19,20). The van der Waals surface area contributed by atoms with Crippen LogP contribution in [0.15, 0.2) is 18.2 Å². The number of ether oxygens (including phenoxy) is 1. The Bertz CT molecular complexity index is 446. The number of hydrogen-bond donors (Lipinski definition) is 1. The summed E-state index contributed by atoms with van der Waals surface area (Å²) in [5.41, 5.74) is 0.0654. The second-order valence-corrected chi connectivity index (χ2v) is 5.70. The van der Waals surface area contributed by atoms with Gasteiger partial charge in [-0.15, -0.1) is 0 Å². The summed E-state index contributed by atoms with van der Waals surface area (Å²) >= 11 is 0. The van der Waals surface area contributed by atoms with Gasteiger partial charge in [0.15, 0.2) is 0 Å². The molecule has 1 amide bonds. The van der Waals surface area contributed by atoms with Gasteiger partial charge >= 0.3 is 0 Å². The topological polar surface area (TPSA) is 38.3 Å². The summed E-state index contributed by atoms with van der Waals surface area (Å²) in [7, 11) is 1.47. The van der Waals surface area contributed by atoms with Crippen LogP contribution in [0.2, 0.25) is 0 Å². The van der Waals surface area contributed by atoms with Crippen molar-refractivity contribution in [1.82, 2.24) is 5.32 Å². The van der Waals surface area contributed by atoms with Crippen molar-refractivity contribution in [3.05, 3.63) is 29.6 Å². The zero-order chi connectivity index (χ0) is 15.7. The average Bonchev–Trinajstić information content (AvgIpc) is 2.45. The van der Waals surface area contributed by atoms with Crippen molar-refractivity contribution < 1.29 is 13.9 Å². The van der Waals surface area contributed by atoms with Crippen LogP contribution in [0, 0.1) is 11.7 Å². The van der Waals surface area contributed by atoms with Crippen LogP contribution in [-0.4, -0.2) is 19.6 Å². The molecule has 118 valence electrons. The van der Waals surface area contributed by atoms with E-state index in [2.05, 4.69) is 19.2 Å². The number of hydrogen-bond acceptors (Lipinski definition) is 2. The van der Waals surface area contributed by atoms with Gasteiger partial charge in [-0.3, -0.25) is 4.79 Å². The van der Waals surface area contributed by atoms with E-state index >= 15 is 0 Å². The minimum absolute atomic E-state index is 0.0654. The number of unbranched alkanes of at least 4 members (excludes halogenated alkanes) is 3. The average molecular weight is 295 g/mol. The molecule has 1 aromatic rings. The summed E-state index contributed by atoms with van der Waals surface area (Å²) in [5, 5.41) is 2.76. The maximum Gasteiger partial charge on any atom is 0.254 e. The van der Waals surface area contributed by atoms with Crippen LogP contribution in [-0.2, 0) is 0 Å². The lowest BCUT2D eigenvalue weighted by molar-refractivity contribution is 0.0949. The van der Waals surface area contributed by atoms with Crippen LogP contribution in [0.3, 0.4) is 0 Å². The molecular formula is C17H26FNO2. The first-order valence-corrected chi connectivity index (χ1v) is 7.66. The zero-order valence-electron chi connectivity index (χ0n) is 13.2. The Labute approximate surface area is 126 Å². The van der Waals surface area contributed by atoms with E-state index in [1.54, 1.807) is 6.07 Å². The molecule has 0 spiro atoms. The van der Waals surface area contributed by atoms with E-state index in [0.717, 1.165) is 18.8 Å². The molecule has 1 N–H and O–H groups in total. The van der Waals surface area contributed by atoms with Crippen molar-refractivity contribution in [2.24, 2.45) is 5.92 Å². The lowest BCUT2D eigenvalue weighted by Gasteiger charge is -2.08. The molecule has 4 heteroatoms. The number of amides is 1. The molecule has 0 saturated heterocycles. The Hall–Kier alpha value is -1.58. The molecule has 0 bridgehead atoms. The van der Waals surface area contributed by atoms with Crippen molar-refractivity contribution >= 4 is 5.91 Å². The van der Waals surface area contributed by atoms with Crippen LogP contribution < -0.4 is 10.1 Å². The quantitative estimate of drug-likeness (QED) is 0.694. The third-order valence-corrected chi connectivity index (χ3v) is 3.41. The van der Waals surface area contributed by atoms with E-state index in [0.29, 0.717) is 12.3 Å². The smallest absolute Gasteiger partial charge is 0.254 e. The molecule has 1 aromatic carbocycles. The molecular weight excluding hydrogens is 269 g/mol. The molecule has 0 aliphatic carbocycles. The van der Waals surface area contributed by atoms with E-state index in [1.807, 2.05) is 0 Å². The highest BCUT2D eigenvalue weighted by Gasteiger charge is 2.11. The van der Waals surface area contributed by atoms with Crippen molar-refractivity contribution in [2.75, 3.05) is 13.7 Å². The highest BCUT2D eigenvalue weighted by Crippen LogP contribution is 2.16. The van der Waals surface area contributed by atoms with Gasteiger partial charge in [0, 0.05) is 12.6 Å². The van der Waals surface area contributed by atoms with Gasteiger partial charge in [0.2, 0.25) is 0 Å². The van der Waals surface area contributed by atoms with Gasteiger partial charge in [-0.1, -0.05) is 39.5 Å². The van der Waals surface area contributed by atoms with Crippen molar-refractivity contribution in [3.8, 4) is 5.75 Å². The predicted molar refractivity (Wildman–Crippen MR) is 83.2 cm³/mol. The summed E-state index contributed by atoms with van der Waals surface area (Å²) in [5.74, 6) is 0.248. The lowest BCUT2D eigenvalue weighted by atomic mass is 10.0. The maximum absolute atomic E-state index is 13.7. The van der Waals surface area contributed by atoms with Crippen molar-refractivity contribution in [3.63, 3.8) is 0 Å². The van der Waals surface area contributed by atoms with Crippen LogP contribution in [0.25, 0.3) is 0 Å². The fraction of sp³-hybridized carbons (Fsp3) is 0.588. The number of nitrogens with one attached hydrogen (secondary N) is 1. The molecule has 3 nitrogen and oxygen atoms in total. The summed E-state index contributed by atoms with van der Waals surface area (Å²) in [6, 6.07) is 4.26. The van der Waals surface area contributed by atoms with Gasteiger partial charge in [-0.2, -0.15) is 0 Å². The van der Waals surface area contributed by atoms with Crippen LogP contribution in [0.4, 0.5) is 4.39 Å². The zero-order valence-corrected chi connectivity index (χ0v) is 13.2. The van der Waals surface area contributed by atoms with E-state index in [1.165, 1.54) is 38.5 Å². The number of carbonyl (C=O) groups excluding carboxylic acids is 1. The number of carbonyl (C=O) groups is 1. The van der Waals surface area contributed by atoms with Crippen molar-refractivity contribution in [1.29, 1.82) is 0 Å². The SMILES string of the molecule is COc1ccc(C(=O)NCCCCCCC(C)C)c(F)c1. The number of halogens is 1. The third kappa shape index (κ3) is 6.61. The summed E-state index contributed by atoms with van der Waals surface area (Å²) < 4.78 is 18.6. The second-order valence-electron chi connectivity index (χ2n) is 5.70. The van der Waals surface area contributed by atoms with Crippen LogP contribution in [0.5, 0.6) is 5.75 Å². The molecule has 0 atom stereocenters. The molecule has 0 radical (unpaired) electrons. The Kier molecular flexibility index (Phi) is 7.80. The second kappa shape index (κ2) is 9.37. The Morgan fingerprint density at radius 2 is 1.95 bits per heavy atom. The van der Waals surface area contributed by atoms with Gasteiger partial charge in [-0.05, 0) is 24.5 Å². The first-order valence-electron chi connectivity index (χ1n) is 7.66. The fourth-order valence-electron chi connectivity index (χ4n) is 2.14. The molecule has 21 heavy (non-hydrogen) atoms. The highest BCUT2D eigenvalue weighted by atomic mass is 19.1. The maximum atomic E-state index is 13.7. The predicted octanol–water partition coefficient (Wildman–Crippen LogP) is 4.17. The van der Waals surface area contributed by atoms with Gasteiger partial charge < -0.3 is 10.1 Å². The largest absolute Gasteiger partial charge is 0.497 e. The number of methoxy groups -OCH3 is 1. The first-order chi connectivity index (χ1) is 10.0. The third-order valence-electron chi connectivity index (χ3n) is 3.41. The molecule has 0 heterocycles. The Balaban J connectivity index is 2.25. The molecule has 0 aliphatic rings. The minimum Gasteiger partial charge on any atom is -0.497 e. The monoisotopic (exact) mass is 295 g/mol. The molecule has 0 unspecified atom stereocenters. The van der Waals surface area contributed by atoms with E-state index in [4.69, 9.17) is 4.74 Å². The molecule has 1 rings (SSSR count). The number of benzene rings is 1. The Morgan fingerprint density at radius 3 is 2.57 bits per heavy atom. The van der Waals surface area contributed by atoms with E-state index in [-0.39, 0.29) is 11.5 Å². The first kappa shape index (κ1) is 17.5. The highest BCUT2D eigenvalue weighted by molar-refractivity contribution is 5.94. The summed E-state index contributed by atoms with van der Waals surface area (Å²) in [6.45, 7) is 5.04. The van der Waals surface area contributed by atoms with Crippen molar-refractivity contribution in [2.45, 2.75) is 46.0 Å². The summed E-state index contributed by atoms with van der Waals surface area (Å²) in [6.07, 6.45) is 5.70.